The van der Waals surface area contributed by atoms with E-state index in [1.54, 1.807) is 18.2 Å². The number of anilines is 2. The number of amides is 1. The molecule has 21 heavy (non-hydrogen) atoms. The van der Waals surface area contributed by atoms with Crippen LogP contribution in [-0.2, 0) is 4.79 Å². The molecule has 0 unspecified atom stereocenters. The van der Waals surface area contributed by atoms with Crippen LogP contribution in [0.2, 0.25) is 5.02 Å². The van der Waals surface area contributed by atoms with Gasteiger partial charge in [-0.1, -0.05) is 17.7 Å². The number of hydrogen-bond acceptors (Lipinski definition) is 2. The van der Waals surface area contributed by atoms with Crippen molar-refractivity contribution in [3.05, 3.63) is 56.6 Å². The van der Waals surface area contributed by atoms with E-state index >= 15 is 0 Å². The van der Waals surface area contributed by atoms with Gasteiger partial charge in [0.1, 0.15) is 17.3 Å². The summed E-state index contributed by atoms with van der Waals surface area (Å²) in [5.74, 6) is -2.18. The third kappa shape index (κ3) is 4.28. The maximum atomic E-state index is 13.4. The summed E-state index contributed by atoms with van der Waals surface area (Å²) >= 11 is 7.90. The number of halogens is 4. The quantitative estimate of drug-likeness (QED) is 0.723. The number of para-hydroxylation sites is 1. The standard InChI is InChI=1S/C14H10ClF2IN2O/c15-8-4-5-12(11(18)6-8)19-7-13(21)20-14-9(16)2-1-3-10(14)17/h1-6,19H,7H2,(H,20,21). The molecular formula is C14H10ClF2IN2O. The minimum absolute atomic E-state index is 0.120. The molecule has 0 aromatic heterocycles. The molecule has 0 aliphatic carbocycles. The third-order valence-corrected chi connectivity index (χ3v) is 3.73. The topological polar surface area (TPSA) is 41.1 Å². The van der Waals surface area contributed by atoms with E-state index in [4.69, 9.17) is 11.6 Å². The van der Waals surface area contributed by atoms with Crippen molar-refractivity contribution in [3.8, 4) is 0 Å². The Labute approximate surface area is 138 Å². The van der Waals surface area contributed by atoms with Crippen LogP contribution < -0.4 is 10.6 Å². The van der Waals surface area contributed by atoms with Gasteiger partial charge in [-0.3, -0.25) is 4.79 Å². The van der Waals surface area contributed by atoms with Gasteiger partial charge in [0.15, 0.2) is 0 Å². The molecule has 0 saturated carbocycles. The fraction of sp³-hybridized carbons (Fsp3) is 0.0714. The molecule has 0 aliphatic heterocycles. The fourth-order valence-corrected chi connectivity index (χ4v) is 2.67. The van der Waals surface area contributed by atoms with Crippen LogP contribution in [0.5, 0.6) is 0 Å². The highest BCUT2D eigenvalue weighted by atomic mass is 127. The smallest absolute Gasteiger partial charge is 0.243 e. The van der Waals surface area contributed by atoms with Crippen LogP contribution in [0.25, 0.3) is 0 Å². The minimum Gasteiger partial charge on any atom is -0.375 e. The summed E-state index contributed by atoms with van der Waals surface area (Å²) in [6, 6.07) is 8.53. The second kappa shape index (κ2) is 7.04. The van der Waals surface area contributed by atoms with E-state index in [0.29, 0.717) is 10.7 Å². The lowest BCUT2D eigenvalue weighted by molar-refractivity contribution is -0.114. The molecule has 0 spiro atoms. The summed E-state index contributed by atoms with van der Waals surface area (Å²) in [6.45, 7) is -0.120. The predicted molar refractivity (Wildman–Crippen MR) is 87.6 cm³/mol. The van der Waals surface area contributed by atoms with Gasteiger partial charge in [0.2, 0.25) is 5.91 Å². The fourth-order valence-electron chi connectivity index (χ4n) is 1.61. The highest BCUT2D eigenvalue weighted by Gasteiger charge is 2.12. The lowest BCUT2D eigenvalue weighted by atomic mass is 10.3. The van der Waals surface area contributed by atoms with Crippen molar-refractivity contribution in [2.24, 2.45) is 0 Å². The highest BCUT2D eigenvalue weighted by Crippen LogP contribution is 2.22. The summed E-state index contributed by atoms with van der Waals surface area (Å²) in [5.41, 5.74) is 0.263. The van der Waals surface area contributed by atoms with Gasteiger partial charge >= 0.3 is 0 Å². The lowest BCUT2D eigenvalue weighted by Crippen LogP contribution is -2.23. The molecule has 2 N–H and O–H groups in total. The number of nitrogens with one attached hydrogen (secondary N) is 2. The Kier molecular flexibility index (Phi) is 5.35. The minimum atomic E-state index is -0.815. The van der Waals surface area contributed by atoms with Gasteiger partial charge in [0.25, 0.3) is 0 Å². The molecule has 0 radical (unpaired) electrons. The molecular weight excluding hydrogens is 413 g/mol. The zero-order chi connectivity index (χ0) is 15.4. The lowest BCUT2D eigenvalue weighted by Gasteiger charge is -2.10. The Bertz CT molecular complexity index is 662. The first kappa shape index (κ1) is 16.0. The maximum Gasteiger partial charge on any atom is 0.243 e. The summed E-state index contributed by atoms with van der Waals surface area (Å²) in [6.07, 6.45) is 0. The molecule has 0 bridgehead atoms. The van der Waals surface area contributed by atoms with Gasteiger partial charge in [-0.2, -0.15) is 0 Å². The Balaban J connectivity index is 1.99. The van der Waals surface area contributed by atoms with Crippen molar-refractivity contribution < 1.29 is 13.6 Å². The van der Waals surface area contributed by atoms with Crippen molar-refractivity contribution in [3.63, 3.8) is 0 Å². The van der Waals surface area contributed by atoms with Crippen molar-refractivity contribution in [1.29, 1.82) is 0 Å². The first-order chi connectivity index (χ1) is 9.97. The normalized spacial score (nSPS) is 10.3. The van der Waals surface area contributed by atoms with Crippen LogP contribution >= 0.6 is 34.2 Å². The molecule has 3 nitrogen and oxygen atoms in total. The third-order valence-electron chi connectivity index (χ3n) is 2.60. The van der Waals surface area contributed by atoms with Crippen LogP contribution in [0.15, 0.2) is 36.4 Å². The van der Waals surface area contributed by atoms with Crippen LogP contribution in [0, 0.1) is 15.2 Å². The molecule has 2 rings (SSSR count). The Morgan fingerprint density at radius 2 is 1.86 bits per heavy atom. The van der Waals surface area contributed by atoms with E-state index in [9.17, 15) is 13.6 Å². The van der Waals surface area contributed by atoms with Gasteiger partial charge in [-0.25, -0.2) is 8.78 Å². The van der Waals surface area contributed by atoms with Crippen LogP contribution in [0.4, 0.5) is 20.2 Å². The Morgan fingerprint density at radius 1 is 1.19 bits per heavy atom. The van der Waals surface area contributed by atoms with E-state index in [1.165, 1.54) is 6.07 Å². The zero-order valence-corrected chi connectivity index (χ0v) is 13.5. The molecule has 0 fully saturated rings. The second-order valence-corrected chi connectivity index (χ2v) is 5.72. The van der Waals surface area contributed by atoms with Crippen molar-refractivity contribution in [2.45, 2.75) is 0 Å². The van der Waals surface area contributed by atoms with Crippen LogP contribution in [-0.4, -0.2) is 12.5 Å². The second-order valence-electron chi connectivity index (χ2n) is 4.12. The molecule has 0 atom stereocenters. The highest BCUT2D eigenvalue weighted by molar-refractivity contribution is 14.1. The molecule has 1 amide bonds. The molecule has 2 aromatic rings. The number of benzene rings is 2. The van der Waals surface area contributed by atoms with E-state index in [-0.39, 0.29) is 6.54 Å². The predicted octanol–water partition coefficient (Wildman–Crippen LogP) is 4.27. The summed E-state index contributed by atoms with van der Waals surface area (Å²) in [7, 11) is 0. The number of hydrogen-bond donors (Lipinski definition) is 2. The van der Waals surface area contributed by atoms with Gasteiger partial charge < -0.3 is 10.6 Å². The number of rotatable bonds is 4. The van der Waals surface area contributed by atoms with Gasteiger partial charge in [0.05, 0.1) is 6.54 Å². The zero-order valence-electron chi connectivity index (χ0n) is 10.6. The van der Waals surface area contributed by atoms with E-state index < -0.39 is 23.2 Å². The molecule has 0 aliphatic rings. The van der Waals surface area contributed by atoms with Crippen LogP contribution in [0.3, 0.4) is 0 Å². The monoisotopic (exact) mass is 422 g/mol. The first-order valence-corrected chi connectivity index (χ1v) is 7.36. The van der Waals surface area contributed by atoms with E-state index in [0.717, 1.165) is 15.7 Å². The summed E-state index contributed by atoms with van der Waals surface area (Å²) < 4.78 is 27.6. The molecule has 110 valence electrons. The molecule has 7 heteroatoms. The van der Waals surface area contributed by atoms with E-state index in [2.05, 4.69) is 33.2 Å². The largest absolute Gasteiger partial charge is 0.375 e. The first-order valence-electron chi connectivity index (χ1n) is 5.90. The van der Waals surface area contributed by atoms with Gasteiger partial charge in [-0.05, 0) is 52.9 Å². The summed E-state index contributed by atoms with van der Waals surface area (Å²) in [4.78, 5) is 11.7. The maximum absolute atomic E-state index is 13.4. The average Bonchev–Trinajstić information content (AvgIpc) is 2.42. The Hall–Kier alpha value is -1.41. The summed E-state index contributed by atoms with van der Waals surface area (Å²) in [5, 5.41) is 5.66. The SMILES string of the molecule is O=C(CNc1ccc(Cl)cc1I)Nc1c(F)cccc1F. The average molecular weight is 423 g/mol. The van der Waals surface area contributed by atoms with Gasteiger partial charge in [0, 0.05) is 14.3 Å². The van der Waals surface area contributed by atoms with Crippen LogP contribution in [0.1, 0.15) is 0 Å². The van der Waals surface area contributed by atoms with Crippen molar-refractivity contribution in [1.82, 2.24) is 0 Å². The number of carbonyl (C=O) groups excluding carboxylic acids is 1. The van der Waals surface area contributed by atoms with Crippen molar-refractivity contribution in [2.75, 3.05) is 17.2 Å². The molecule has 0 saturated heterocycles. The molecule has 0 heterocycles. The Morgan fingerprint density at radius 3 is 2.48 bits per heavy atom. The van der Waals surface area contributed by atoms with Crippen molar-refractivity contribution >= 4 is 51.5 Å². The number of carbonyl (C=O) groups is 1. The molecule has 2 aromatic carbocycles. The van der Waals surface area contributed by atoms with E-state index in [1.807, 2.05) is 0 Å². The van der Waals surface area contributed by atoms with Gasteiger partial charge in [-0.15, -0.1) is 0 Å².